The third-order valence-electron chi connectivity index (χ3n) is 2.85. The third-order valence-corrected chi connectivity index (χ3v) is 2.85. The van der Waals surface area contributed by atoms with E-state index in [4.69, 9.17) is 6.42 Å². The van der Waals surface area contributed by atoms with Crippen molar-refractivity contribution in [1.82, 2.24) is 0 Å². The fraction of sp³-hybridized carbons (Fsp3) is 0.467. The summed E-state index contributed by atoms with van der Waals surface area (Å²) in [4.78, 5) is 0. The van der Waals surface area contributed by atoms with Crippen LogP contribution in [0.2, 0.25) is 0 Å². The summed E-state index contributed by atoms with van der Waals surface area (Å²) in [5.41, 5.74) is 3.22. The van der Waals surface area contributed by atoms with Crippen LogP contribution in [0.1, 0.15) is 50.3 Å². The molecule has 0 saturated heterocycles. The highest BCUT2D eigenvalue weighted by Crippen LogP contribution is 2.30. The van der Waals surface area contributed by atoms with Crippen LogP contribution >= 0.6 is 0 Å². The van der Waals surface area contributed by atoms with E-state index in [-0.39, 0.29) is 17.9 Å². The van der Waals surface area contributed by atoms with Gasteiger partial charge in [0.25, 0.3) is 0 Å². The van der Waals surface area contributed by atoms with E-state index in [1.807, 2.05) is 19.1 Å². The van der Waals surface area contributed by atoms with Gasteiger partial charge in [-0.1, -0.05) is 51.8 Å². The molecule has 0 spiro atoms. The maximum absolute atomic E-state index is 9.23. The normalized spacial score (nSPS) is 13.2. The topological polar surface area (TPSA) is 20.2 Å². The van der Waals surface area contributed by atoms with Crippen LogP contribution in [0.3, 0.4) is 0 Å². The summed E-state index contributed by atoms with van der Waals surface area (Å²) in [7, 11) is 0. The van der Waals surface area contributed by atoms with Crippen LogP contribution < -0.4 is 0 Å². The second-order valence-corrected chi connectivity index (χ2v) is 5.25. The molecule has 16 heavy (non-hydrogen) atoms. The summed E-state index contributed by atoms with van der Waals surface area (Å²) >= 11 is 0. The van der Waals surface area contributed by atoms with Gasteiger partial charge in [0.1, 0.15) is 0 Å². The maximum Gasteiger partial charge on any atom is 0.0497 e. The maximum atomic E-state index is 9.23. The summed E-state index contributed by atoms with van der Waals surface area (Å²) in [5.74, 6) is 2.87. The minimum Gasteiger partial charge on any atom is -0.396 e. The molecule has 1 atom stereocenters. The van der Waals surface area contributed by atoms with Gasteiger partial charge in [-0.3, -0.25) is 0 Å². The first-order chi connectivity index (χ1) is 7.41. The minimum atomic E-state index is 0.0346. The molecular formula is C15H20O. The van der Waals surface area contributed by atoms with E-state index in [2.05, 4.69) is 32.8 Å². The first-order valence-electron chi connectivity index (χ1n) is 5.62. The van der Waals surface area contributed by atoms with Crippen LogP contribution in [0.15, 0.2) is 18.2 Å². The average molecular weight is 216 g/mol. The van der Waals surface area contributed by atoms with Crippen molar-refractivity contribution >= 4 is 0 Å². The Bertz CT molecular complexity index is 404. The molecule has 86 valence electrons. The number of aliphatic hydroxyl groups is 1. The smallest absolute Gasteiger partial charge is 0.0497 e. The summed E-state index contributed by atoms with van der Waals surface area (Å²) in [6.45, 7) is 8.56. The first kappa shape index (κ1) is 12.8. The summed E-state index contributed by atoms with van der Waals surface area (Å²) in [5, 5.41) is 9.23. The molecule has 0 fully saturated rings. The van der Waals surface area contributed by atoms with E-state index in [0.29, 0.717) is 0 Å². The molecule has 0 bridgehead atoms. The molecule has 1 rings (SSSR count). The predicted molar refractivity (Wildman–Crippen MR) is 68.6 cm³/mol. The van der Waals surface area contributed by atoms with E-state index in [0.717, 1.165) is 11.1 Å². The van der Waals surface area contributed by atoms with E-state index in [9.17, 15) is 5.11 Å². The Labute approximate surface area is 98.5 Å². The van der Waals surface area contributed by atoms with Gasteiger partial charge in [0, 0.05) is 18.1 Å². The molecule has 0 radical (unpaired) electrons. The molecule has 1 N–H and O–H groups in total. The van der Waals surface area contributed by atoms with Crippen LogP contribution in [-0.4, -0.2) is 11.7 Å². The molecule has 1 aromatic carbocycles. The van der Waals surface area contributed by atoms with Gasteiger partial charge in [0.15, 0.2) is 0 Å². The van der Waals surface area contributed by atoms with Gasteiger partial charge >= 0.3 is 0 Å². The molecular weight excluding hydrogens is 196 g/mol. The monoisotopic (exact) mass is 216 g/mol. The standard InChI is InChI=1S/C15H20O/c1-6-12-13(11(2)10-16)8-7-9-14(12)15(3,4)5/h1,7-9,11,16H,10H2,2-5H3. The van der Waals surface area contributed by atoms with Gasteiger partial charge in [0.05, 0.1) is 0 Å². The van der Waals surface area contributed by atoms with Crippen molar-refractivity contribution in [3.63, 3.8) is 0 Å². The van der Waals surface area contributed by atoms with Crippen LogP contribution in [-0.2, 0) is 5.41 Å². The van der Waals surface area contributed by atoms with Gasteiger partial charge in [-0.05, 0) is 16.5 Å². The first-order valence-corrected chi connectivity index (χ1v) is 5.62. The molecule has 0 saturated carbocycles. The zero-order valence-electron chi connectivity index (χ0n) is 10.5. The summed E-state index contributed by atoms with van der Waals surface area (Å²) < 4.78 is 0. The van der Waals surface area contributed by atoms with E-state index < -0.39 is 0 Å². The predicted octanol–water partition coefficient (Wildman–Crippen LogP) is 3.06. The lowest BCUT2D eigenvalue weighted by Gasteiger charge is -2.24. The van der Waals surface area contributed by atoms with Gasteiger partial charge in [-0.2, -0.15) is 0 Å². The van der Waals surface area contributed by atoms with Crippen LogP contribution in [0.25, 0.3) is 0 Å². The molecule has 1 heteroatoms. The number of benzene rings is 1. The minimum absolute atomic E-state index is 0.0346. The molecule has 1 unspecified atom stereocenters. The van der Waals surface area contributed by atoms with Crippen molar-refractivity contribution in [1.29, 1.82) is 0 Å². The number of hydrogen-bond donors (Lipinski definition) is 1. The van der Waals surface area contributed by atoms with Crippen LogP contribution in [0, 0.1) is 12.3 Å². The molecule has 0 aliphatic heterocycles. The van der Waals surface area contributed by atoms with Crippen LogP contribution in [0.5, 0.6) is 0 Å². The fourth-order valence-electron chi connectivity index (χ4n) is 1.87. The number of rotatable bonds is 2. The number of hydrogen-bond acceptors (Lipinski definition) is 1. The molecule has 1 aromatic rings. The van der Waals surface area contributed by atoms with Gasteiger partial charge in [0.2, 0.25) is 0 Å². The summed E-state index contributed by atoms with van der Waals surface area (Å²) in [6, 6.07) is 6.09. The number of terminal acetylenes is 1. The van der Waals surface area contributed by atoms with Crippen molar-refractivity contribution in [2.45, 2.75) is 39.0 Å². The molecule has 0 aliphatic rings. The summed E-state index contributed by atoms with van der Waals surface area (Å²) in [6.07, 6.45) is 5.61. The second kappa shape index (κ2) is 4.72. The Hall–Kier alpha value is -1.26. The highest BCUT2D eigenvalue weighted by molar-refractivity contribution is 5.50. The lowest BCUT2D eigenvalue weighted by Crippen LogP contribution is -2.15. The van der Waals surface area contributed by atoms with Crippen LogP contribution in [0.4, 0.5) is 0 Å². The van der Waals surface area contributed by atoms with Crippen molar-refractivity contribution in [3.8, 4) is 12.3 Å². The van der Waals surface area contributed by atoms with Gasteiger partial charge in [-0.25, -0.2) is 0 Å². The van der Waals surface area contributed by atoms with Crippen molar-refractivity contribution < 1.29 is 5.11 Å². The molecule has 0 amide bonds. The Balaban J connectivity index is 3.40. The van der Waals surface area contributed by atoms with E-state index in [1.165, 1.54) is 5.56 Å². The van der Waals surface area contributed by atoms with Crippen molar-refractivity contribution in [2.75, 3.05) is 6.61 Å². The average Bonchev–Trinajstić information content (AvgIpc) is 2.25. The third kappa shape index (κ3) is 2.46. The Kier molecular flexibility index (Phi) is 3.78. The zero-order valence-corrected chi connectivity index (χ0v) is 10.5. The van der Waals surface area contributed by atoms with Crippen molar-refractivity contribution in [3.05, 3.63) is 34.9 Å². The zero-order chi connectivity index (χ0) is 12.3. The Morgan fingerprint density at radius 2 is 2.00 bits per heavy atom. The molecule has 1 nitrogen and oxygen atoms in total. The highest BCUT2D eigenvalue weighted by atomic mass is 16.3. The Morgan fingerprint density at radius 3 is 2.44 bits per heavy atom. The lowest BCUT2D eigenvalue weighted by atomic mass is 9.80. The largest absolute Gasteiger partial charge is 0.396 e. The van der Waals surface area contributed by atoms with E-state index in [1.54, 1.807) is 0 Å². The number of aliphatic hydroxyl groups excluding tert-OH is 1. The molecule has 0 aromatic heterocycles. The fourth-order valence-corrected chi connectivity index (χ4v) is 1.87. The van der Waals surface area contributed by atoms with Gasteiger partial charge < -0.3 is 5.11 Å². The quantitative estimate of drug-likeness (QED) is 0.753. The van der Waals surface area contributed by atoms with Gasteiger partial charge in [-0.15, -0.1) is 6.42 Å². The molecule has 0 heterocycles. The second-order valence-electron chi connectivity index (χ2n) is 5.25. The van der Waals surface area contributed by atoms with Crippen molar-refractivity contribution in [2.24, 2.45) is 0 Å². The highest BCUT2D eigenvalue weighted by Gasteiger charge is 2.20. The molecule has 0 aliphatic carbocycles. The van der Waals surface area contributed by atoms with E-state index >= 15 is 0 Å². The Morgan fingerprint density at radius 1 is 1.38 bits per heavy atom. The lowest BCUT2D eigenvalue weighted by molar-refractivity contribution is 0.273. The SMILES string of the molecule is C#Cc1c(C(C)CO)cccc1C(C)(C)C.